The quantitative estimate of drug-likeness (QED) is 0.384. The number of hydrogen-bond acceptors (Lipinski definition) is 4. The summed E-state index contributed by atoms with van der Waals surface area (Å²) in [6.07, 6.45) is 5.03. The van der Waals surface area contributed by atoms with Crippen LogP contribution < -0.4 is 9.47 Å². The molecule has 0 bridgehead atoms. The van der Waals surface area contributed by atoms with E-state index in [4.69, 9.17) is 14.6 Å². The summed E-state index contributed by atoms with van der Waals surface area (Å²) in [6.45, 7) is 0. The Labute approximate surface area is 203 Å². The topological polar surface area (TPSA) is 34.1 Å². The Kier molecular flexibility index (Phi) is 5.17. The lowest BCUT2D eigenvalue weighted by molar-refractivity contribution is -0.142. The van der Waals surface area contributed by atoms with Crippen LogP contribution in [0.25, 0.3) is 0 Å². The van der Waals surface area contributed by atoms with Crippen molar-refractivity contribution in [2.75, 3.05) is 7.11 Å². The van der Waals surface area contributed by atoms with Crippen molar-refractivity contribution in [1.29, 1.82) is 0 Å². The van der Waals surface area contributed by atoms with Crippen LogP contribution in [0.2, 0.25) is 0 Å². The number of hydrogen-bond donors (Lipinski definition) is 0. The van der Waals surface area contributed by atoms with E-state index in [2.05, 4.69) is 81.6 Å². The van der Waals surface area contributed by atoms with Crippen LogP contribution in [-0.2, 0) is 0 Å². The van der Waals surface area contributed by atoms with E-state index in [0.717, 1.165) is 59.4 Å². The number of nitrogens with zero attached hydrogens (tertiary/aromatic N) is 2. The van der Waals surface area contributed by atoms with Crippen LogP contribution in [0.15, 0.2) is 82.4 Å². The third-order valence-corrected chi connectivity index (χ3v) is 7.91. The van der Waals surface area contributed by atoms with Crippen molar-refractivity contribution in [1.82, 2.24) is 5.01 Å². The Morgan fingerprint density at radius 1 is 1.00 bits per heavy atom. The molecule has 0 N–H and O–H groups in total. The maximum atomic E-state index is 6.81. The van der Waals surface area contributed by atoms with Crippen molar-refractivity contribution in [3.63, 3.8) is 0 Å². The van der Waals surface area contributed by atoms with Crippen molar-refractivity contribution >= 4 is 21.6 Å². The summed E-state index contributed by atoms with van der Waals surface area (Å²) >= 11 is 3.66. The van der Waals surface area contributed by atoms with Gasteiger partial charge in [0.1, 0.15) is 11.5 Å². The zero-order valence-electron chi connectivity index (χ0n) is 18.7. The molecule has 6 rings (SSSR count). The molecule has 0 aromatic heterocycles. The van der Waals surface area contributed by atoms with E-state index >= 15 is 0 Å². The van der Waals surface area contributed by atoms with Gasteiger partial charge >= 0.3 is 0 Å². The molecule has 168 valence electrons. The monoisotopic (exact) mass is 502 g/mol. The summed E-state index contributed by atoms with van der Waals surface area (Å²) in [6, 6.07) is 25.7. The van der Waals surface area contributed by atoms with Gasteiger partial charge < -0.3 is 9.47 Å². The van der Waals surface area contributed by atoms with Gasteiger partial charge in [-0.15, -0.1) is 0 Å². The van der Waals surface area contributed by atoms with E-state index in [9.17, 15) is 0 Å². The van der Waals surface area contributed by atoms with Crippen LogP contribution in [0, 0.1) is 0 Å². The summed E-state index contributed by atoms with van der Waals surface area (Å²) in [5.41, 5.74) is 4.53. The Balaban J connectivity index is 1.35. The number of halogens is 1. The average molecular weight is 503 g/mol. The molecule has 1 aliphatic carbocycles. The molecule has 0 saturated heterocycles. The molecular weight excluding hydrogens is 476 g/mol. The van der Waals surface area contributed by atoms with Crippen molar-refractivity contribution in [3.8, 4) is 11.5 Å². The van der Waals surface area contributed by atoms with E-state index in [0.29, 0.717) is 5.92 Å². The summed E-state index contributed by atoms with van der Waals surface area (Å²) in [5.74, 6) is 2.45. The lowest BCUT2D eigenvalue weighted by Crippen LogP contribution is -2.55. The van der Waals surface area contributed by atoms with E-state index < -0.39 is 0 Å². The smallest absolute Gasteiger partial charge is 0.198 e. The minimum atomic E-state index is -0.384. The number of rotatable bonds is 3. The van der Waals surface area contributed by atoms with Crippen LogP contribution in [0.3, 0.4) is 0 Å². The SMILES string of the molecule is COc1ccc(C2=NN3[C@@H](C2)c2cc(Br)ccc2OC32CCC(c3ccccc3)CC2)cc1. The fraction of sp³-hybridized carbons (Fsp3) is 0.321. The Bertz CT molecular complexity index is 1180. The van der Waals surface area contributed by atoms with Crippen LogP contribution in [0.1, 0.15) is 60.8 Å². The minimum Gasteiger partial charge on any atom is -0.497 e. The summed E-state index contributed by atoms with van der Waals surface area (Å²) in [4.78, 5) is 0. The lowest BCUT2D eigenvalue weighted by Gasteiger charge is -2.50. The third-order valence-electron chi connectivity index (χ3n) is 7.42. The number of hydrazone groups is 1. The van der Waals surface area contributed by atoms with E-state index in [1.807, 2.05) is 12.1 Å². The molecule has 33 heavy (non-hydrogen) atoms. The zero-order valence-corrected chi connectivity index (χ0v) is 20.3. The largest absolute Gasteiger partial charge is 0.497 e. The molecular formula is C28H27BrN2O2. The molecule has 0 radical (unpaired) electrons. The number of ether oxygens (including phenoxy) is 2. The van der Waals surface area contributed by atoms with Gasteiger partial charge in [0.25, 0.3) is 0 Å². The van der Waals surface area contributed by atoms with Gasteiger partial charge in [0.2, 0.25) is 0 Å². The number of benzene rings is 3. The predicted octanol–water partition coefficient (Wildman–Crippen LogP) is 7.06. The molecule has 5 heteroatoms. The Morgan fingerprint density at radius 2 is 1.76 bits per heavy atom. The van der Waals surface area contributed by atoms with Gasteiger partial charge in [-0.1, -0.05) is 46.3 Å². The zero-order chi connectivity index (χ0) is 22.4. The lowest BCUT2D eigenvalue weighted by atomic mass is 9.78. The molecule has 1 spiro atoms. The third kappa shape index (κ3) is 3.63. The van der Waals surface area contributed by atoms with Gasteiger partial charge in [-0.25, -0.2) is 5.01 Å². The first-order valence-corrected chi connectivity index (χ1v) is 12.5. The van der Waals surface area contributed by atoms with Crippen molar-refractivity contribution in [2.45, 2.75) is 49.8 Å². The summed E-state index contributed by atoms with van der Waals surface area (Å²) in [7, 11) is 1.70. The number of methoxy groups -OCH3 is 1. The normalized spacial score (nSPS) is 25.8. The molecule has 3 aromatic carbocycles. The molecule has 2 heterocycles. The van der Waals surface area contributed by atoms with Gasteiger partial charge in [0.05, 0.1) is 18.9 Å². The molecule has 3 aliphatic rings. The number of fused-ring (bicyclic) bond motifs is 4. The van der Waals surface area contributed by atoms with Crippen molar-refractivity contribution in [2.24, 2.45) is 5.10 Å². The molecule has 4 nitrogen and oxygen atoms in total. The molecule has 1 atom stereocenters. The Morgan fingerprint density at radius 3 is 2.48 bits per heavy atom. The van der Waals surface area contributed by atoms with Gasteiger partial charge in [0.15, 0.2) is 5.72 Å². The first-order chi connectivity index (χ1) is 16.1. The molecule has 2 aliphatic heterocycles. The van der Waals surface area contributed by atoms with Crippen LogP contribution in [0.4, 0.5) is 0 Å². The highest BCUT2D eigenvalue weighted by atomic mass is 79.9. The fourth-order valence-electron chi connectivity index (χ4n) is 5.67. The molecule has 0 unspecified atom stereocenters. The second-order valence-electron chi connectivity index (χ2n) is 9.26. The van der Waals surface area contributed by atoms with E-state index in [1.165, 1.54) is 11.1 Å². The van der Waals surface area contributed by atoms with Gasteiger partial charge in [-0.3, -0.25) is 0 Å². The second-order valence-corrected chi connectivity index (χ2v) is 10.2. The molecule has 3 aromatic rings. The van der Waals surface area contributed by atoms with E-state index in [-0.39, 0.29) is 11.8 Å². The highest BCUT2D eigenvalue weighted by molar-refractivity contribution is 9.10. The minimum absolute atomic E-state index is 0.191. The summed E-state index contributed by atoms with van der Waals surface area (Å²) in [5, 5.41) is 7.50. The van der Waals surface area contributed by atoms with E-state index in [1.54, 1.807) is 7.11 Å². The van der Waals surface area contributed by atoms with Crippen molar-refractivity contribution < 1.29 is 9.47 Å². The van der Waals surface area contributed by atoms with Crippen molar-refractivity contribution in [3.05, 3.63) is 94.0 Å². The summed E-state index contributed by atoms with van der Waals surface area (Å²) < 4.78 is 13.2. The molecule has 1 fully saturated rings. The predicted molar refractivity (Wildman–Crippen MR) is 134 cm³/mol. The average Bonchev–Trinajstić information content (AvgIpc) is 3.33. The Hall–Kier alpha value is -2.79. The van der Waals surface area contributed by atoms with Gasteiger partial charge in [-0.05, 0) is 72.4 Å². The fourth-order valence-corrected chi connectivity index (χ4v) is 6.05. The van der Waals surface area contributed by atoms with Crippen LogP contribution >= 0.6 is 15.9 Å². The van der Waals surface area contributed by atoms with Crippen LogP contribution in [-0.4, -0.2) is 23.6 Å². The standard InChI is InChI=1S/C28H27BrN2O2/c1-32-23-10-7-21(8-11-23)25-18-26-24-17-22(29)9-12-27(24)33-28(31(26)30-25)15-13-20(14-16-28)19-5-3-2-4-6-19/h2-12,17,20,26H,13-16,18H2,1H3/t20?,26-,28?/m0/s1. The molecule has 0 amide bonds. The highest BCUT2D eigenvalue weighted by Gasteiger charge is 2.52. The first kappa shape index (κ1) is 20.8. The maximum Gasteiger partial charge on any atom is 0.198 e. The van der Waals surface area contributed by atoms with Gasteiger partial charge in [0, 0.05) is 29.3 Å². The maximum absolute atomic E-state index is 6.81. The highest BCUT2D eigenvalue weighted by Crippen LogP contribution is 2.53. The van der Waals surface area contributed by atoms with Gasteiger partial charge in [-0.2, -0.15) is 5.10 Å². The first-order valence-electron chi connectivity index (χ1n) is 11.7. The van der Waals surface area contributed by atoms with Crippen LogP contribution in [0.5, 0.6) is 11.5 Å². The second kappa shape index (κ2) is 8.21. The molecule has 1 saturated carbocycles.